The molecule has 1 fully saturated rings. The molecule has 0 unspecified atom stereocenters. The summed E-state index contributed by atoms with van der Waals surface area (Å²) in [4.78, 5) is 27.3. The van der Waals surface area contributed by atoms with Crippen molar-refractivity contribution in [1.82, 2.24) is 9.47 Å². The predicted octanol–water partition coefficient (Wildman–Crippen LogP) is 6.83. The van der Waals surface area contributed by atoms with E-state index in [1.807, 2.05) is 65.4 Å². The Labute approximate surface area is 202 Å². The smallest absolute Gasteiger partial charge is 0.293 e. The molecule has 3 aromatic carbocycles. The molecular formula is C26H18BrFN2O2S. The number of hydrogen-bond donors (Lipinski definition) is 0. The minimum Gasteiger partial charge on any atom is -0.342 e. The van der Waals surface area contributed by atoms with Crippen LogP contribution in [0.5, 0.6) is 0 Å². The maximum atomic E-state index is 13.7. The fraction of sp³-hybridized carbons (Fsp3) is 0.0769. The highest BCUT2D eigenvalue weighted by Gasteiger charge is 2.35. The minimum absolute atomic E-state index is 0.233. The first-order chi connectivity index (χ1) is 16.0. The number of aromatic nitrogens is 1. The van der Waals surface area contributed by atoms with E-state index in [1.54, 1.807) is 12.1 Å². The Balaban J connectivity index is 1.45. The third-order valence-electron chi connectivity index (χ3n) is 5.48. The molecule has 0 aliphatic carbocycles. The van der Waals surface area contributed by atoms with Gasteiger partial charge in [0, 0.05) is 33.7 Å². The molecule has 0 bridgehead atoms. The lowest BCUT2D eigenvalue weighted by Crippen LogP contribution is -2.27. The topological polar surface area (TPSA) is 42.3 Å². The highest BCUT2D eigenvalue weighted by atomic mass is 79.9. The highest BCUT2D eigenvalue weighted by molar-refractivity contribution is 9.10. The average Bonchev–Trinajstić information content (AvgIpc) is 3.27. The molecule has 164 valence electrons. The van der Waals surface area contributed by atoms with Crippen molar-refractivity contribution in [3.63, 3.8) is 0 Å². The summed E-state index contributed by atoms with van der Waals surface area (Å²) in [5, 5.41) is 0.686. The van der Waals surface area contributed by atoms with Crippen LogP contribution in [0.4, 0.5) is 9.18 Å². The molecular weight excluding hydrogens is 503 g/mol. The van der Waals surface area contributed by atoms with Gasteiger partial charge >= 0.3 is 0 Å². The Morgan fingerprint density at radius 3 is 2.48 bits per heavy atom. The van der Waals surface area contributed by atoms with Crippen LogP contribution in [0.25, 0.3) is 17.0 Å². The number of nitrogens with zero attached hydrogens (tertiary/aromatic N) is 2. The summed E-state index contributed by atoms with van der Waals surface area (Å²) in [7, 11) is 0. The maximum Gasteiger partial charge on any atom is 0.293 e. The molecule has 7 heteroatoms. The number of halogens is 2. The van der Waals surface area contributed by atoms with E-state index >= 15 is 0 Å². The van der Waals surface area contributed by atoms with Gasteiger partial charge in [-0.05, 0) is 59.3 Å². The van der Waals surface area contributed by atoms with Crippen molar-refractivity contribution in [1.29, 1.82) is 0 Å². The summed E-state index contributed by atoms with van der Waals surface area (Å²) < 4.78 is 16.6. The van der Waals surface area contributed by atoms with Crippen molar-refractivity contribution in [3.8, 4) is 0 Å². The van der Waals surface area contributed by atoms with Crippen LogP contribution in [0, 0.1) is 5.82 Å². The summed E-state index contributed by atoms with van der Waals surface area (Å²) in [6.45, 7) is 0.730. The number of para-hydroxylation sites is 1. The van der Waals surface area contributed by atoms with E-state index in [1.165, 1.54) is 17.0 Å². The van der Waals surface area contributed by atoms with E-state index < -0.39 is 0 Å². The number of rotatable bonds is 5. The first-order valence-corrected chi connectivity index (χ1v) is 11.9. The van der Waals surface area contributed by atoms with Gasteiger partial charge in [-0.1, -0.05) is 58.4 Å². The Morgan fingerprint density at radius 1 is 0.909 bits per heavy atom. The van der Waals surface area contributed by atoms with Crippen LogP contribution in [-0.4, -0.2) is 20.6 Å². The normalized spacial score (nSPS) is 15.2. The van der Waals surface area contributed by atoms with Gasteiger partial charge in [0.2, 0.25) is 0 Å². The van der Waals surface area contributed by atoms with Crippen LogP contribution < -0.4 is 0 Å². The lowest BCUT2D eigenvalue weighted by atomic mass is 10.1. The number of carbonyl (C=O) groups excluding carboxylic acids is 2. The fourth-order valence-corrected chi connectivity index (χ4v) is 5.00. The number of carbonyl (C=O) groups is 2. The van der Waals surface area contributed by atoms with Gasteiger partial charge in [0.15, 0.2) is 0 Å². The number of thioether (sulfide) groups is 1. The third-order valence-corrected chi connectivity index (χ3v) is 6.91. The average molecular weight is 521 g/mol. The van der Waals surface area contributed by atoms with Crippen molar-refractivity contribution >= 4 is 55.8 Å². The largest absolute Gasteiger partial charge is 0.342 e. The highest BCUT2D eigenvalue weighted by Crippen LogP contribution is 2.35. The zero-order valence-electron chi connectivity index (χ0n) is 17.4. The van der Waals surface area contributed by atoms with E-state index in [2.05, 4.69) is 15.9 Å². The Hall–Kier alpha value is -3.16. The Bertz CT molecular complexity index is 1410. The molecule has 1 saturated heterocycles. The van der Waals surface area contributed by atoms with Gasteiger partial charge in [-0.2, -0.15) is 0 Å². The van der Waals surface area contributed by atoms with E-state index in [0.717, 1.165) is 43.8 Å². The molecule has 4 nitrogen and oxygen atoms in total. The lowest BCUT2D eigenvalue weighted by molar-refractivity contribution is -0.123. The molecule has 2 heterocycles. The van der Waals surface area contributed by atoms with Crippen LogP contribution in [0.2, 0.25) is 0 Å². The molecule has 2 amide bonds. The van der Waals surface area contributed by atoms with Crippen molar-refractivity contribution in [2.45, 2.75) is 13.1 Å². The number of amides is 2. The molecule has 0 radical (unpaired) electrons. The number of imide groups is 1. The second-order valence-electron chi connectivity index (χ2n) is 7.75. The molecule has 0 atom stereocenters. The molecule has 0 spiro atoms. The lowest BCUT2D eigenvalue weighted by Gasteiger charge is -2.12. The molecule has 0 N–H and O–H groups in total. The zero-order valence-corrected chi connectivity index (χ0v) is 19.8. The van der Waals surface area contributed by atoms with Crippen LogP contribution in [0.3, 0.4) is 0 Å². The van der Waals surface area contributed by atoms with Gasteiger partial charge in [-0.25, -0.2) is 4.39 Å². The van der Waals surface area contributed by atoms with Crippen LogP contribution in [0.15, 0.2) is 88.4 Å². The van der Waals surface area contributed by atoms with Gasteiger partial charge in [0.25, 0.3) is 11.1 Å². The van der Waals surface area contributed by atoms with Crippen LogP contribution in [-0.2, 0) is 17.9 Å². The zero-order chi connectivity index (χ0) is 22.9. The monoisotopic (exact) mass is 520 g/mol. The van der Waals surface area contributed by atoms with Crippen LogP contribution >= 0.6 is 27.7 Å². The fourth-order valence-electron chi connectivity index (χ4n) is 3.90. The molecule has 5 rings (SSSR count). The van der Waals surface area contributed by atoms with Gasteiger partial charge in [-0.15, -0.1) is 0 Å². The Kier molecular flexibility index (Phi) is 5.91. The third kappa shape index (κ3) is 4.51. The van der Waals surface area contributed by atoms with E-state index in [0.29, 0.717) is 11.4 Å². The SMILES string of the molecule is O=C1S/C(=C\c2cn(Cc3cccc(F)c3)c3ccccc23)C(=O)N1Cc1ccc(Br)cc1. The number of hydrogen-bond acceptors (Lipinski definition) is 3. The molecule has 1 aliphatic heterocycles. The quantitative estimate of drug-likeness (QED) is 0.271. The second kappa shape index (κ2) is 9.00. The van der Waals surface area contributed by atoms with Gasteiger partial charge in [0.05, 0.1) is 11.4 Å². The summed E-state index contributed by atoms with van der Waals surface area (Å²) in [6.07, 6.45) is 3.72. The number of fused-ring (bicyclic) bond motifs is 1. The van der Waals surface area contributed by atoms with Gasteiger partial charge < -0.3 is 4.57 Å². The number of benzene rings is 3. The summed E-state index contributed by atoms with van der Waals surface area (Å²) in [5.41, 5.74) is 3.55. The molecule has 33 heavy (non-hydrogen) atoms. The molecule has 4 aromatic rings. The van der Waals surface area contributed by atoms with Gasteiger partial charge in [-0.3, -0.25) is 14.5 Å². The first-order valence-electron chi connectivity index (χ1n) is 10.3. The van der Waals surface area contributed by atoms with E-state index in [-0.39, 0.29) is 23.5 Å². The summed E-state index contributed by atoms with van der Waals surface area (Å²) in [5.74, 6) is -0.571. The summed E-state index contributed by atoms with van der Waals surface area (Å²) in [6, 6.07) is 21.9. The summed E-state index contributed by atoms with van der Waals surface area (Å²) >= 11 is 4.35. The van der Waals surface area contributed by atoms with E-state index in [4.69, 9.17) is 0 Å². The van der Waals surface area contributed by atoms with Crippen molar-refractivity contribution < 1.29 is 14.0 Å². The second-order valence-corrected chi connectivity index (χ2v) is 9.66. The Morgan fingerprint density at radius 2 is 1.70 bits per heavy atom. The van der Waals surface area contributed by atoms with Crippen molar-refractivity contribution in [2.24, 2.45) is 0 Å². The molecule has 1 aromatic heterocycles. The van der Waals surface area contributed by atoms with E-state index in [9.17, 15) is 14.0 Å². The predicted molar refractivity (Wildman–Crippen MR) is 133 cm³/mol. The maximum absolute atomic E-state index is 13.7. The first kappa shape index (κ1) is 21.7. The van der Waals surface area contributed by atoms with Crippen molar-refractivity contribution in [2.75, 3.05) is 0 Å². The molecule has 0 saturated carbocycles. The standard InChI is InChI=1S/C26H18BrFN2O2S/c27-20-10-8-17(9-11-20)15-30-25(31)24(33-26(30)32)13-19-16-29(23-7-2-1-6-22(19)23)14-18-4-3-5-21(28)12-18/h1-13,16H,14-15H2/b24-13-. The van der Waals surface area contributed by atoms with Crippen molar-refractivity contribution in [3.05, 3.63) is 111 Å². The van der Waals surface area contributed by atoms with Crippen LogP contribution in [0.1, 0.15) is 16.7 Å². The molecule has 1 aliphatic rings. The minimum atomic E-state index is -0.296. The van der Waals surface area contributed by atoms with Gasteiger partial charge in [0.1, 0.15) is 5.82 Å².